The summed E-state index contributed by atoms with van der Waals surface area (Å²) in [5.41, 5.74) is 2.99. The van der Waals surface area contributed by atoms with Gasteiger partial charge < -0.3 is 5.73 Å². The van der Waals surface area contributed by atoms with E-state index >= 15 is 0 Å². The molecule has 0 saturated heterocycles. The molecule has 0 bridgehead atoms. The highest BCUT2D eigenvalue weighted by molar-refractivity contribution is 4.94. The summed E-state index contributed by atoms with van der Waals surface area (Å²) < 4.78 is 32.9. The van der Waals surface area contributed by atoms with Gasteiger partial charge in [0.25, 0.3) is 0 Å². The van der Waals surface area contributed by atoms with Crippen molar-refractivity contribution in [3.8, 4) is 0 Å². The highest BCUT2D eigenvalue weighted by atomic mass is 19.4. The molecule has 0 fully saturated rings. The molecule has 0 unspecified atom stereocenters. The minimum Gasteiger partial charge on any atom is -0.395 e. The zero-order valence-electron chi connectivity index (χ0n) is 3.42. The van der Waals surface area contributed by atoms with Crippen LogP contribution >= 0.6 is 0 Å². The van der Waals surface area contributed by atoms with Crippen LogP contribution < -0.4 is 5.73 Å². The summed E-state index contributed by atoms with van der Waals surface area (Å²) in [7, 11) is 0. The molecule has 0 rings (SSSR count). The van der Waals surface area contributed by atoms with Crippen molar-refractivity contribution in [2.24, 2.45) is 5.73 Å². The van der Waals surface area contributed by atoms with Crippen molar-refractivity contribution in [3.05, 3.63) is 12.3 Å². The lowest BCUT2D eigenvalue weighted by atomic mass is 10.5. The van der Waals surface area contributed by atoms with Crippen LogP contribution in [-0.4, -0.2) is 6.18 Å². The number of hydrogen-bond donors (Lipinski definition) is 1. The lowest BCUT2D eigenvalue weighted by Crippen LogP contribution is -2.17. The van der Waals surface area contributed by atoms with Crippen molar-refractivity contribution in [2.45, 2.75) is 6.18 Å². The molecule has 0 aliphatic rings. The largest absolute Gasteiger partial charge is 0.430 e. The van der Waals surface area contributed by atoms with Gasteiger partial charge in [-0.25, -0.2) is 0 Å². The third-order valence-electron chi connectivity index (χ3n) is 0.364. The molecular formula is C3H4F3N. The van der Waals surface area contributed by atoms with Crippen LogP contribution in [0.3, 0.4) is 0 Å². The Morgan fingerprint density at radius 2 is 1.57 bits per heavy atom. The molecule has 0 aliphatic heterocycles. The second-order valence-electron chi connectivity index (χ2n) is 1.02. The molecule has 0 saturated carbocycles. The van der Waals surface area contributed by atoms with Crippen LogP contribution in [0.2, 0.25) is 0 Å². The van der Waals surface area contributed by atoms with Gasteiger partial charge in [0.2, 0.25) is 0 Å². The number of allylic oxidation sites excluding steroid dienone is 1. The molecule has 2 N–H and O–H groups in total. The predicted molar refractivity (Wildman–Crippen MR) is 19.4 cm³/mol. The quantitative estimate of drug-likeness (QED) is 0.496. The summed E-state index contributed by atoms with van der Waals surface area (Å²) in [6.07, 6.45) is -4.42. The number of hydrogen-bond acceptors (Lipinski definition) is 1. The normalized spacial score (nSPS) is 11.3. The zero-order valence-corrected chi connectivity index (χ0v) is 3.42. The summed E-state index contributed by atoms with van der Waals surface area (Å²) in [5.74, 6) is 0. The predicted octanol–water partition coefficient (Wildman–Crippen LogP) is 1.02. The van der Waals surface area contributed by atoms with Gasteiger partial charge in [-0.05, 0) is 0 Å². The zero-order chi connectivity index (χ0) is 6.08. The standard InChI is InChI=1S/C3H4F3N/c1-2(7)3(4,5)6/h1,7H2. The lowest BCUT2D eigenvalue weighted by Gasteiger charge is -2.01. The summed E-state index contributed by atoms with van der Waals surface area (Å²) >= 11 is 0. The fourth-order valence-electron chi connectivity index (χ4n) is 0. The molecule has 0 spiro atoms. The van der Waals surface area contributed by atoms with Crippen LogP contribution in [0.1, 0.15) is 0 Å². The minimum absolute atomic E-state index is 1.26. The van der Waals surface area contributed by atoms with Gasteiger partial charge >= 0.3 is 6.18 Å². The summed E-state index contributed by atoms with van der Waals surface area (Å²) in [4.78, 5) is 0. The number of alkyl halides is 3. The van der Waals surface area contributed by atoms with E-state index in [-0.39, 0.29) is 0 Å². The van der Waals surface area contributed by atoms with Crippen LogP contribution in [0, 0.1) is 0 Å². The molecule has 1 nitrogen and oxygen atoms in total. The van der Waals surface area contributed by atoms with Gasteiger partial charge in [0.1, 0.15) is 5.70 Å². The van der Waals surface area contributed by atoms with E-state index in [4.69, 9.17) is 0 Å². The fourth-order valence-corrected chi connectivity index (χ4v) is 0. The van der Waals surface area contributed by atoms with Crippen molar-refractivity contribution in [3.63, 3.8) is 0 Å². The molecule has 0 aromatic carbocycles. The van der Waals surface area contributed by atoms with Crippen molar-refractivity contribution in [1.29, 1.82) is 0 Å². The van der Waals surface area contributed by atoms with Gasteiger partial charge in [0.15, 0.2) is 0 Å². The molecule has 42 valence electrons. The van der Waals surface area contributed by atoms with E-state index in [2.05, 4.69) is 12.3 Å². The average Bonchev–Trinajstić information content (AvgIpc) is 1.31. The Balaban J connectivity index is 3.79. The van der Waals surface area contributed by atoms with E-state index in [1.165, 1.54) is 0 Å². The lowest BCUT2D eigenvalue weighted by molar-refractivity contribution is -0.0922. The summed E-state index contributed by atoms with van der Waals surface area (Å²) in [6, 6.07) is 0. The maximum atomic E-state index is 11.0. The maximum Gasteiger partial charge on any atom is 0.430 e. The molecule has 0 amide bonds. The summed E-state index contributed by atoms with van der Waals surface area (Å²) in [6.45, 7) is 2.48. The third-order valence-corrected chi connectivity index (χ3v) is 0.364. The van der Waals surface area contributed by atoms with Gasteiger partial charge in [-0.3, -0.25) is 0 Å². The monoisotopic (exact) mass is 111 g/mol. The second kappa shape index (κ2) is 1.44. The van der Waals surface area contributed by atoms with Crippen molar-refractivity contribution < 1.29 is 13.2 Å². The first-order valence-electron chi connectivity index (χ1n) is 1.46. The van der Waals surface area contributed by atoms with Crippen LogP contribution in [0.4, 0.5) is 13.2 Å². The fraction of sp³-hybridized carbons (Fsp3) is 0.333. The van der Waals surface area contributed by atoms with E-state index in [0.29, 0.717) is 0 Å². The van der Waals surface area contributed by atoms with Gasteiger partial charge in [0, 0.05) is 0 Å². The Hall–Kier alpha value is -0.670. The van der Waals surface area contributed by atoms with Gasteiger partial charge in [0.05, 0.1) is 0 Å². The molecule has 0 radical (unpaired) electrons. The highest BCUT2D eigenvalue weighted by Crippen LogP contribution is 2.18. The van der Waals surface area contributed by atoms with Crippen molar-refractivity contribution in [1.82, 2.24) is 0 Å². The van der Waals surface area contributed by atoms with Crippen LogP contribution in [0.5, 0.6) is 0 Å². The van der Waals surface area contributed by atoms with E-state index in [1.54, 1.807) is 0 Å². The maximum absolute atomic E-state index is 11.0. The average molecular weight is 111 g/mol. The molecule has 7 heavy (non-hydrogen) atoms. The number of nitrogens with two attached hydrogens (primary N) is 1. The van der Waals surface area contributed by atoms with Gasteiger partial charge in [-0.15, -0.1) is 0 Å². The smallest absolute Gasteiger partial charge is 0.395 e. The molecule has 0 atom stereocenters. The Kier molecular flexibility index (Phi) is 1.30. The number of rotatable bonds is 0. The molecule has 0 heterocycles. The highest BCUT2D eigenvalue weighted by Gasteiger charge is 2.29. The third kappa shape index (κ3) is 2.08. The van der Waals surface area contributed by atoms with Crippen LogP contribution in [-0.2, 0) is 0 Å². The topological polar surface area (TPSA) is 26.0 Å². The Morgan fingerprint density at radius 1 is 1.43 bits per heavy atom. The first-order valence-corrected chi connectivity index (χ1v) is 1.46. The Bertz CT molecular complexity index is 82.7. The van der Waals surface area contributed by atoms with E-state index in [0.717, 1.165) is 0 Å². The molecule has 0 aliphatic carbocycles. The minimum atomic E-state index is -4.42. The first kappa shape index (κ1) is 6.33. The SMILES string of the molecule is C=C(N)C(F)(F)F. The molecular weight excluding hydrogens is 107 g/mol. The number of halogens is 3. The van der Waals surface area contributed by atoms with Crippen molar-refractivity contribution >= 4 is 0 Å². The molecule has 0 aromatic rings. The van der Waals surface area contributed by atoms with Gasteiger partial charge in [-0.2, -0.15) is 13.2 Å². The van der Waals surface area contributed by atoms with E-state index in [9.17, 15) is 13.2 Å². The first-order chi connectivity index (χ1) is 2.94. The summed E-state index contributed by atoms with van der Waals surface area (Å²) in [5, 5.41) is 0. The Morgan fingerprint density at radius 3 is 1.57 bits per heavy atom. The van der Waals surface area contributed by atoms with E-state index < -0.39 is 11.9 Å². The Labute approximate surface area is 38.6 Å². The molecule has 0 aromatic heterocycles. The second-order valence-corrected chi connectivity index (χ2v) is 1.02. The van der Waals surface area contributed by atoms with E-state index in [1.807, 2.05) is 0 Å². The van der Waals surface area contributed by atoms with Crippen LogP contribution in [0.15, 0.2) is 12.3 Å². The van der Waals surface area contributed by atoms with Crippen molar-refractivity contribution in [2.75, 3.05) is 0 Å². The van der Waals surface area contributed by atoms with Gasteiger partial charge in [-0.1, -0.05) is 6.58 Å². The molecule has 4 heteroatoms. The van der Waals surface area contributed by atoms with Crippen LogP contribution in [0.25, 0.3) is 0 Å².